The minimum atomic E-state index is 0.629. The van der Waals surface area contributed by atoms with Gasteiger partial charge in [-0.05, 0) is 40.2 Å². The molecule has 0 amide bonds. The molecule has 3 heterocycles. The second kappa shape index (κ2) is 5.90. The molecule has 5 nitrogen and oxygen atoms in total. The van der Waals surface area contributed by atoms with Gasteiger partial charge in [0.2, 0.25) is 4.96 Å². The third-order valence-electron chi connectivity index (χ3n) is 4.19. The Kier molecular flexibility index (Phi) is 3.63. The SMILES string of the molecule is COc1cc2c3nn4c(-c5ccc(Cl)cc5)csc4nc-3nc2cc1Br. The van der Waals surface area contributed by atoms with Gasteiger partial charge in [-0.15, -0.1) is 11.3 Å². The van der Waals surface area contributed by atoms with Gasteiger partial charge in [0.25, 0.3) is 0 Å². The van der Waals surface area contributed by atoms with E-state index in [1.165, 1.54) is 11.3 Å². The van der Waals surface area contributed by atoms with E-state index in [1.807, 2.05) is 46.3 Å². The normalized spacial score (nSPS) is 11.7. The number of thiazole rings is 1. The molecule has 1 aromatic heterocycles. The monoisotopic (exact) mass is 444 g/mol. The summed E-state index contributed by atoms with van der Waals surface area (Å²) in [5, 5.41) is 8.48. The van der Waals surface area contributed by atoms with Crippen molar-refractivity contribution in [2.45, 2.75) is 0 Å². The first kappa shape index (κ1) is 16.0. The Labute approximate surface area is 165 Å². The van der Waals surface area contributed by atoms with Crippen LogP contribution in [0.2, 0.25) is 5.02 Å². The lowest BCUT2D eigenvalue weighted by Crippen LogP contribution is -2.00. The minimum absolute atomic E-state index is 0.629. The summed E-state index contributed by atoms with van der Waals surface area (Å²) in [7, 11) is 1.64. The first-order valence-electron chi connectivity index (χ1n) is 7.71. The topological polar surface area (TPSA) is 52.3 Å². The van der Waals surface area contributed by atoms with Crippen LogP contribution in [0.15, 0.2) is 46.3 Å². The Morgan fingerprint density at radius 1 is 1.15 bits per heavy atom. The van der Waals surface area contributed by atoms with Crippen LogP contribution < -0.4 is 4.74 Å². The first-order valence-corrected chi connectivity index (χ1v) is 9.76. The Hall–Kier alpha value is -2.22. The van der Waals surface area contributed by atoms with E-state index >= 15 is 0 Å². The van der Waals surface area contributed by atoms with Crippen molar-refractivity contribution in [2.75, 3.05) is 7.11 Å². The highest BCUT2D eigenvalue weighted by Gasteiger charge is 2.20. The largest absolute Gasteiger partial charge is 0.496 e. The molecule has 0 saturated heterocycles. The molecule has 8 heteroatoms. The average molecular weight is 446 g/mol. The average Bonchev–Trinajstić information content (AvgIpc) is 3.20. The van der Waals surface area contributed by atoms with Crippen LogP contribution in [0, 0.1) is 0 Å². The van der Waals surface area contributed by atoms with Crippen LogP contribution in [0.25, 0.3) is 38.6 Å². The number of ether oxygens (including phenoxy) is 1. The van der Waals surface area contributed by atoms with Crippen molar-refractivity contribution in [1.82, 2.24) is 19.6 Å². The highest BCUT2D eigenvalue weighted by Crippen LogP contribution is 2.36. The molecular formula is C18H10BrClN4OS. The summed E-state index contributed by atoms with van der Waals surface area (Å²) >= 11 is 11.0. The molecule has 0 atom stereocenters. The van der Waals surface area contributed by atoms with E-state index in [0.717, 1.165) is 43.0 Å². The van der Waals surface area contributed by atoms with E-state index in [1.54, 1.807) is 7.11 Å². The van der Waals surface area contributed by atoms with Crippen LogP contribution >= 0.6 is 38.9 Å². The second-order valence-corrected chi connectivity index (χ2v) is 7.85. The summed E-state index contributed by atoms with van der Waals surface area (Å²) in [5.41, 5.74) is 3.58. The van der Waals surface area contributed by atoms with Gasteiger partial charge in [-0.1, -0.05) is 23.7 Å². The molecule has 0 aliphatic carbocycles. The van der Waals surface area contributed by atoms with E-state index in [2.05, 4.69) is 25.9 Å². The van der Waals surface area contributed by atoms with E-state index in [4.69, 9.17) is 21.4 Å². The highest BCUT2D eigenvalue weighted by molar-refractivity contribution is 9.10. The smallest absolute Gasteiger partial charge is 0.213 e. The molecule has 2 aromatic carbocycles. The van der Waals surface area contributed by atoms with Crippen LogP contribution in [-0.4, -0.2) is 26.7 Å². The lowest BCUT2D eigenvalue weighted by molar-refractivity contribution is 0.413. The quantitative estimate of drug-likeness (QED) is 0.358. The molecule has 0 unspecified atom stereocenters. The molecule has 0 fully saturated rings. The van der Waals surface area contributed by atoms with Gasteiger partial charge in [0.1, 0.15) is 11.4 Å². The third-order valence-corrected chi connectivity index (χ3v) is 5.88. The number of hydrogen-bond donors (Lipinski definition) is 0. The number of nitrogens with zero attached hydrogens (tertiary/aromatic N) is 4. The zero-order valence-electron chi connectivity index (χ0n) is 13.4. The molecule has 0 bridgehead atoms. The van der Waals surface area contributed by atoms with Gasteiger partial charge in [-0.3, -0.25) is 0 Å². The fraction of sp³-hybridized carbons (Fsp3) is 0.0556. The van der Waals surface area contributed by atoms with Crippen molar-refractivity contribution in [2.24, 2.45) is 0 Å². The summed E-state index contributed by atoms with van der Waals surface area (Å²) in [6.07, 6.45) is 0. The van der Waals surface area contributed by atoms with Crippen molar-refractivity contribution >= 4 is 54.7 Å². The number of fused-ring (bicyclic) bond motifs is 4. The second-order valence-electron chi connectivity index (χ2n) is 5.72. The van der Waals surface area contributed by atoms with Crippen molar-refractivity contribution in [3.05, 3.63) is 51.3 Å². The number of methoxy groups -OCH3 is 1. The molecule has 0 radical (unpaired) electrons. The number of hydrogen-bond acceptors (Lipinski definition) is 5. The maximum Gasteiger partial charge on any atom is 0.213 e. The fourth-order valence-corrected chi connectivity index (χ4v) is 4.38. The van der Waals surface area contributed by atoms with Crippen molar-refractivity contribution < 1.29 is 4.74 Å². The number of rotatable bonds is 2. The first-order chi connectivity index (χ1) is 12.6. The van der Waals surface area contributed by atoms with Crippen LogP contribution in [-0.2, 0) is 0 Å². The lowest BCUT2D eigenvalue weighted by Gasteiger charge is -2.05. The Bertz CT molecular complexity index is 1250. The molecule has 0 saturated carbocycles. The molecule has 0 spiro atoms. The van der Waals surface area contributed by atoms with Gasteiger partial charge in [-0.25, -0.2) is 9.50 Å². The van der Waals surface area contributed by atoms with Crippen LogP contribution in [0.4, 0.5) is 0 Å². The minimum Gasteiger partial charge on any atom is -0.496 e. The van der Waals surface area contributed by atoms with Crippen molar-refractivity contribution in [1.29, 1.82) is 0 Å². The summed E-state index contributed by atoms with van der Waals surface area (Å²) in [6, 6.07) is 11.6. The van der Waals surface area contributed by atoms with Gasteiger partial charge < -0.3 is 4.74 Å². The van der Waals surface area contributed by atoms with E-state index in [9.17, 15) is 0 Å². The molecule has 0 N–H and O–H groups in total. The zero-order chi connectivity index (χ0) is 17.8. The molecule has 128 valence electrons. The number of aromatic nitrogens is 4. The fourth-order valence-electron chi connectivity index (χ4n) is 2.93. The van der Waals surface area contributed by atoms with Gasteiger partial charge in [-0.2, -0.15) is 10.1 Å². The molecule has 2 aliphatic rings. The standard InChI is InChI=1S/C18H10BrClN4OS/c1-25-15-6-11-13(7-12(15)19)21-17-16(11)23-24-14(8-26-18(24)22-17)9-2-4-10(20)5-3-9/h2-8H,1H3. The maximum atomic E-state index is 6.01. The predicted molar refractivity (Wildman–Crippen MR) is 107 cm³/mol. The highest BCUT2D eigenvalue weighted by atomic mass is 79.9. The third kappa shape index (κ3) is 2.39. The van der Waals surface area contributed by atoms with E-state index < -0.39 is 0 Å². The Balaban J connectivity index is 1.80. The molecule has 2 aliphatic heterocycles. The predicted octanol–water partition coefficient (Wildman–Crippen LogP) is 5.54. The Morgan fingerprint density at radius 3 is 2.73 bits per heavy atom. The summed E-state index contributed by atoms with van der Waals surface area (Å²) < 4.78 is 8.11. The number of benzene rings is 2. The summed E-state index contributed by atoms with van der Waals surface area (Å²) in [5.74, 6) is 1.37. The van der Waals surface area contributed by atoms with Gasteiger partial charge in [0, 0.05) is 21.4 Å². The zero-order valence-corrected chi connectivity index (χ0v) is 16.6. The van der Waals surface area contributed by atoms with Gasteiger partial charge in [0.15, 0.2) is 5.82 Å². The molecular weight excluding hydrogens is 436 g/mol. The lowest BCUT2D eigenvalue weighted by atomic mass is 10.2. The molecule has 5 rings (SSSR count). The van der Waals surface area contributed by atoms with Crippen LogP contribution in [0.1, 0.15) is 0 Å². The van der Waals surface area contributed by atoms with E-state index in [-0.39, 0.29) is 0 Å². The maximum absolute atomic E-state index is 6.01. The van der Waals surface area contributed by atoms with Gasteiger partial charge in [0.05, 0.1) is 22.8 Å². The van der Waals surface area contributed by atoms with E-state index in [0.29, 0.717) is 10.8 Å². The number of halogens is 2. The summed E-state index contributed by atoms with van der Waals surface area (Å²) in [4.78, 5) is 10.1. The van der Waals surface area contributed by atoms with Crippen molar-refractivity contribution in [3.8, 4) is 28.5 Å². The van der Waals surface area contributed by atoms with Crippen LogP contribution in [0.5, 0.6) is 5.75 Å². The summed E-state index contributed by atoms with van der Waals surface area (Å²) in [6.45, 7) is 0. The Morgan fingerprint density at radius 2 is 1.96 bits per heavy atom. The van der Waals surface area contributed by atoms with Crippen LogP contribution in [0.3, 0.4) is 0 Å². The molecule has 3 aromatic rings. The molecule has 26 heavy (non-hydrogen) atoms. The van der Waals surface area contributed by atoms with Crippen molar-refractivity contribution in [3.63, 3.8) is 0 Å². The van der Waals surface area contributed by atoms with Gasteiger partial charge >= 0.3 is 0 Å².